The summed E-state index contributed by atoms with van der Waals surface area (Å²) in [5, 5.41) is 4.59. The third-order valence-electron chi connectivity index (χ3n) is 12.4. The lowest BCUT2D eigenvalue weighted by molar-refractivity contribution is 0.670. The van der Waals surface area contributed by atoms with Gasteiger partial charge in [-0.1, -0.05) is 188 Å². The molecule has 0 saturated carbocycles. The van der Waals surface area contributed by atoms with Crippen LogP contribution in [0.25, 0.3) is 93.9 Å². The average Bonchev–Trinajstić information content (AvgIpc) is 3.91. The molecule has 2 heterocycles. The van der Waals surface area contributed by atoms with E-state index in [-0.39, 0.29) is 0 Å². The minimum Gasteiger partial charge on any atom is -0.455 e. The SMILES string of the molecule is c1ccc(-c2ccccc2-c2c(-c3ccccc3)cccc2N(c2ccc3c(c2)c2ccccc2n3-c2ccccc2)c2ccccc2-c2cccc3c2oc2ccccc23)cc1. The Morgan fingerprint density at radius 2 is 0.873 bits per heavy atom. The Kier molecular flexibility index (Phi) is 8.83. The molecular weight excluding hydrogens is 765 g/mol. The maximum atomic E-state index is 6.75. The highest BCUT2D eigenvalue weighted by atomic mass is 16.3. The van der Waals surface area contributed by atoms with Gasteiger partial charge in [0, 0.05) is 49.6 Å². The van der Waals surface area contributed by atoms with E-state index in [2.05, 4.69) is 246 Å². The highest BCUT2D eigenvalue weighted by Crippen LogP contribution is 2.51. The summed E-state index contributed by atoms with van der Waals surface area (Å²) >= 11 is 0. The van der Waals surface area contributed by atoms with E-state index in [0.717, 1.165) is 83.6 Å². The lowest BCUT2D eigenvalue weighted by Crippen LogP contribution is -2.13. The molecule has 0 saturated heterocycles. The second kappa shape index (κ2) is 15.3. The van der Waals surface area contributed by atoms with Crippen molar-refractivity contribution in [2.24, 2.45) is 0 Å². The first-order valence-electron chi connectivity index (χ1n) is 21.5. The second-order valence-corrected chi connectivity index (χ2v) is 16.0. The maximum absolute atomic E-state index is 6.75. The van der Waals surface area contributed by atoms with E-state index in [4.69, 9.17) is 4.42 Å². The molecule has 63 heavy (non-hydrogen) atoms. The molecule has 0 atom stereocenters. The number of nitrogens with zero attached hydrogens (tertiary/aromatic N) is 2. The number of rotatable bonds is 8. The van der Waals surface area contributed by atoms with E-state index < -0.39 is 0 Å². The van der Waals surface area contributed by atoms with E-state index in [1.807, 2.05) is 6.07 Å². The lowest BCUT2D eigenvalue weighted by atomic mass is 9.87. The van der Waals surface area contributed by atoms with Crippen LogP contribution in [0.3, 0.4) is 0 Å². The highest BCUT2D eigenvalue weighted by molar-refractivity contribution is 6.13. The van der Waals surface area contributed by atoms with Gasteiger partial charge >= 0.3 is 0 Å². The molecule has 296 valence electrons. The predicted octanol–water partition coefficient (Wildman–Crippen LogP) is 16.8. The average molecular weight is 805 g/mol. The van der Waals surface area contributed by atoms with E-state index in [0.29, 0.717) is 0 Å². The van der Waals surface area contributed by atoms with Crippen molar-refractivity contribution in [2.75, 3.05) is 4.90 Å². The summed E-state index contributed by atoms with van der Waals surface area (Å²) in [7, 11) is 0. The molecular formula is C60H40N2O. The van der Waals surface area contributed by atoms with Gasteiger partial charge in [0.15, 0.2) is 0 Å². The Hall–Kier alpha value is -8.40. The van der Waals surface area contributed by atoms with Gasteiger partial charge in [0.1, 0.15) is 11.2 Å². The molecule has 3 nitrogen and oxygen atoms in total. The molecule has 10 aromatic carbocycles. The van der Waals surface area contributed by atoms with Crippen molar-refractivity contribution < 1.29 is 4.42 Å². The van der Waals surface area contributed by atoms with Crippen molar-refractivity contribution in [3.8, 4) is 50.2 Å². The smallest absolute Gasteiger partial charge is 0.143 e. The summed E-state index contributed by atoms with van der Waals surface area (Å²) in [6.45, 7) is 0. The Morgan fingerprint density at radius 3 is 1.67 bits per heavy atom. The monoisotopic (exact) mass is 804 g/mol. The van der Waals surface area contributed by atoms with Gasteiger partial charge < -0.3 is 13.9 Å². The largest absolute Gasteiger partial charge is 0.455 e. The quantitative estimate of drug-likeness (QED) is 0.153. The van der Waals surface area contributed by atoms with Gasteiger partial charge in [-0.25, -0.2) is 0 Å². The Labute approximate surface area is 366 Å². The van der Waals surface area contributed by atoms with Crippen LogP contribution in [0.4, 0.5) is 17.1 Å². The summed E-state index contributed by atoms with van der Waals surface area (Å²) in [4.78, 5) is 2.48. The number of fused-ring (bicyclic) bond motifs is 6. The Morgan fingerprint density at radius 1 is 0.333 bits per heavy atom. The van der Waals surface area contributed by atoms with Crippen LogP contribution < -0.4 is 4.90 Å². The van der Waals surface area contributed by atoms with Gasteiger partial charge in [-0.3, -0.25) is 0 Å². The zero-order valence-electron chi connectivity index (χ0n) is 34.4. The molecule has 0 aliphatic heterocycles. The van der Waals surface area contributed by atoms with Crippen molar-refractivity contribution >= 4 is 60.8 Å². The summed E-state index contributed by atoms with van der Waals surface area (Å²) in [6, 6.07) is 87.2. The second-order valence-electron chi connectivity index (χ2n) is 16.0. The van der Waals surface area contributed by atoms with E-state index in [9.17, 15) is 0 Å². The number of benzene rings is 10. The van der Waals surface area contributed by atoms with Gasteiger partial charge in [-0.2, -0.15) is 0 Å². The first-order chi connectivity index (χ1) is 31.3. The minimum absolute atomic E-state index is 0.875. The fraction of sp³-hybridized carbons (Fsp3) is 0. The number of para-hydroxylation sites is 5. The predicted molar refractivity (Wildman–Crippen MR) is 264 cm³/mol. The van der Waals surface area contributed by atoms with Crippen molar-refractivity contribution in [2.45, 2.75) is 0 Å². The molecule has 3 heteroatoms. The standard InChI is InChI=1S/C60H40N2O/c1-4-20-41(21-5-1)45-26-10-11-30-50(45)59-46(42-22-6-2-7-23-42)31-19-36-57(59)62(44-38-39-56-53(40-44)48-28-13-16-35-55(48)61(56)43-24-8-3-9-25-43)54-34-15-12-27-47(54)51-32-18-33-52-49-29-14-17-37-58(49)63-60(51)52/h1-40H. The molecule has 0 fully saturated rings. The minimum atomic E-state index is 0.875. The van der Waals surface area contributed by atoms with E-state index in [1.54, 1.807) is 0 Å². The van der Waals surface area contributed by atoms with Crippen molar-refractivity contribution in [1.29, 1.82) is 0 Å². The van der Waals surface area contributed by atoms with Crippen LogP contribution in [0, 0.1) is 0 Å². The zero-order valence-corrected chi connectivity index (χ0v) is 34.4. The summed E-state index contributed by atoms with van der Waals surface area (Å²) in [6.07, 6.45) is 0. The van der Waals surface area contributed by atoms with Crippen LogP contribution in [0.15, 0.2) is 247 Å². The van der Waals surface area contributed by atoms with Gasteiger partial charge in [-0.05, 0) is 82.4 Å². The molecule has 0 aliphatic rings. The summed E-state index contributed by atoms with van der Waals surface area (Å²) in [5.41, 5.74) is 17.4. The van der Waals surface area contributed by atoms with Gasteiger partial charge in [-0.15, -0.1) is 0 Å². The zero-order chi connectivity index (χ0) is 41.7. The molecule has 0 spiro atoms. The number of furan rings is 1. The van der Waals surface area contributed by atoms with Crippen LogP contribution >= 0.6 is 0 Å². The summed E-state index contributed by atoms with van der Waals surface area (Å²) in [5.74, 6) is 0. The number of hydrogen-bond acceptors (Lipinski definition) is 2. The van der Waals surface area contributed by atoms with Crippen LogP contribution in [0.1, 0.15) is 0 Å². The fourth-order valence-electron chi connectivity index (χ4n) is 9.66. The van der Waals surface area contributed by atoms with Gasteiger partial charge in [0.05, 0.1) is 22.4 Å². The van der Waals surface area contributed by atoms with E-state index in [1.165, 1.54) is 27.4 Å². The lowest BCUT2D eigenvalue weighted by Gasteiger charge is -2.31. The Bertz CT molecular complexity index is 3620. The maximum Gasteiger partial charge on any atom is 0.143 e. The third kappa shape index (κ3) is 6.13. The van der Waals surface area contributed by atoms with Crippen LogP contribution in [0.5, 0.6) is 0 Å². The number of anilines is 3. The van der Waals surface area contributed by atoms with Crippen LogP contribution in [-0.2, 0) is 0 Å². The molecule has 12 aromatic rings. The van der Waals surface area contributed by atoms with Crippen LogP contribution in [0.2, 0.25) is 0 Å². The summed E-state index contributed by atoms with van der Waals surface area (Å²) < 4.78 is 9.13. The Balaban J connectivity index is 1.19. The molecule has 0 bridgehead atoms. The van der Waals surface area contributed by atoms with E-state index >= 15 is 0 Å². The van der Waals surface area contributed by atoms with Gasteiger partial charge in [0.25, 0.3) is 0 Å². The van der Waals surface area contributed by atoms with Crippen molar-refractivity contribution in [1.82, 2.24) is 4.57 Å². The molecule has 2 aromatic heterocycles. The number of aromatic nitrogens is 1. The first-order valence-corrected chi connectivity index (χ1v) is 21.5. The van der Waals surface area contributed by atoms with Crippen molar-refractivity contribution in [3.05, 3.63) is 243 Å². The molecule has 0 amide bonds. The first kappa shape index (κ1) is 36.5. The highest BCUT2D eigenvalue weighted by Gasteiger charge is 2.26. The molecule has 0 N–H and O–H groups in total. The molecule has 0 aliphatic carbocycles. The number of hydrogen-bond donors (Lipinski definition) is 0. The topological polar surface area (TPSA) is 21.3 Å². The molecule has 0 radical (unpaired) electrons. The molecule has 12 rings (SSSR count). The van der Waals surface area contributed by atoms with Crippen molar-refractivity contribution in [3.63, 3.8) is 0 Å². The molecule has 0 unspecified atom stereocenters. The van der Waals surface area contributed by atoms with Crippen LogP contribution in [-0.4, -0.2) is 4.57 Å². The van der Waals surface area contributed by atoms with Gasteiger partial charge in [0.2, 0.25) is 0 Å². The normalized spacial score (nSPS) is 11.5. The third-order valence-corrected chi connectivity index (χ3v) is 12.4. The fourth-order valence-corrected chi connectivity index (χ4v) is 9.66.